The monoisotopic (exact) mass is 522 g/mol. The summed E-state index contributed by atoms with van der Waals surface area (Å²) in [6, 6.07) is 0. The van der Waals surface area contributed by atoms with Gasteiger partial charge in [-0.2, -0.15) is 0 Å². The largest absolute Gasteiger partial charge is 0.481 e. The maximum absolute atomic E-state index is 10.4. The number of aliphatic hydroxyl groups excluding tert-OH is 5. The van der Waals surface area contributed by atoms with Crippen molar-refractivity contribution in [1.82, 2.24) is 0 Å². The molecule has 36 heavy (non-hydrogen) atoms. The Morgan fingerprint density at radius 3 is 1.03 bits per heavy atom. The molecular weight excluding hydrogens is 472 g/mol. The average molecular weight is 523 g/mol. The highest BCUT2D eigenvalue weighted by Gasteiger charge is 2.29. The Bertz CT molecular complexity index is 499. The average Bonchev–Trinajstić information content (AvgIpc) is 2.86. The molecule has 0 aromatic heterocycles. The normalized spacial score (nSPS) is 14.2. The predicted octanol–water partition coefficient (Wildman–Crippen LogP) is 2.80. The first-order valence-corrected chi connectivity index (χ1v) is 13.4. The number of aldehydes is 1. The smallest absolute Gasteiger partial charge is 0.303 e. The number of aliphatic hydroxyl groups is 5. The summed E-state index contributed by atoms with van der Waals surface area (Å²) >= 11 is 0. The Morgan fingerprint density at radius 2 is 0.806 bits per heavy atom. The van der Waals surface area contributed by atoms with Crippen LogP contribution in [0, 0.1) is 0 Å². The molecule has 0 fully saturated rings. The quantitative estimate of drug-likeness (QED) is 0.0732. The van der Waals surface area contributed by atoms with Crippen molar-refractivity contribution in [1.29, 1.82) is 0 Å². The van der Waals surface area contributed by atoms with E-state index < -0.39 is 43.0 Å². The first-order chi connectivity index (χ1) is 17.2. The zero-order valence-electron chi connectivity index (χ0n) is 21.7. The second-order valence-corrected chi connectivity index (χ2v) is 9.30. The Hall–Kier alpha value is -1.59. The van der Waals surface area contributed by atoms with Crippen LogP contribution in [0.4, 0.5) is 0 Å². The maximum Gasteiger partial charge on any atom is 0.303 e. The molecule has 4 unspecified atom stereocenters. The number of carbonyl (C=O) groups is 3. The van der Waals surface area contributed by atoms with Crippen LogP contribution in [0.5, 0.6) is 0 Å². The van der Waals surface area contributed by atoms with Crippen LogP contribution < -0.4 is 0 Å². The van der Waals surface area contributed by atoms with Gasteiger partial charge in [-0.3, -0.25) is 9.59 Å². The van der Waals surface area contributed by atoms with Gasteiger partial charge in [0.05, 0.1) is 6.61 Å². The Kier molecular flexibility index (Phi) is 26.9. The van der Waals surface area contributed by atoms with Gasteiger partial charge in [0, 0.05) is 12.8 Å². The van der Waals surface area contributed by atoms with Crippen molar-refractivity contribution in [2.24, 2.45) is 0 Å². The molecule has 7 N–H and O–H groups in total. The van der Waals surface area contributed by atoms with Crippen LogP contribution in [0.15, 0.2) is 0 Å². The second kappa shape index (κ2) is 26.5. The van der Waals surface area contributed by atoms with Gasteiger partial charge in [-0.05, 0) is 12.8 Å². The molecule has 0 rings (SSSR count). The number of hydrogen-bond acceptors (Lipinski definition) is 8. The van der Waals surface area contributed by atoms with Crippen LogP contribution in [-0.2, 0) is 14.4 Å². The third-order valence-electron chi connectivity index (χ3n) is 5.95. The van der Waals surface area contributed by atoms with Crippen molar-refractivity contribution in [3.05, 3.63) is 0 Å². The van der Waals surface area contributed by atoms with E-state index in [4.69, 9.17) is 35.7 Å². The number of aliphatic carboxylic acids is 2. The van der Waals surface area contributed by atoms with Crippen molar-refractivity contribution < 1.29 is 50.1 Å². The lowest BCUT2D eigenvalue weighted by Gasteiger charge is -2.22. The Morgan fingerprint density at radius 1 is 0.528 bits per heavy atom. The van der Waals surface area contributed by atoms with Crippen molar-refractivity contribution in [2.75, 3.05) is 6.61 Å². The molecule has 0 saturated heterocycles. The van der Waals surface area contributed by atoms with Gasteiger partial charge in [0.15, 0.2) is 6.29 Å². The molecule has 0 saturated carbocycles. The number of hydrogen-bond donors (Lipinski definition) is 7. The first kappa shape index (κ1) is 36.6. The van der Waals surface area contributed by atoms with E-state index in [0.29, 0.717) is 12.8 Å². The summed E-state index contributed by atoms with van der Waals surface area (Å²) in [5.41, 5.74) is 0. The van der Waals surface area contributed by atoms with Gasteiger partial charge < -0.3 is 40.5 Å². The Balaban J connectivity index is 0. The highest BCUT2D eigenvalue weighted by molar-refractivity contribution is 5.66. The lowest BCUT2D eigenvalue weighted by Crippen LogP contribution is -2.46. The zero-order valence-corrected chi connectivity index (χ0v) is 21.7. The van der Waals surface area contributed by atoms with E-state index >= 15 is 0 Å². The van der Waals surface area contributed by atoms with Crippen molar-refractivity contribution in [3.8, 4) is 0 Å². The number of rotatable bonds is 24. The van der Waals surface area contributed by atoms with Gasteiger partial charge in [-0.25, -0.2) is 0 Å². The minimum absolute atomic E-state index is 0.0258. The van der Waals surface area contributed by atoms with E-state index in [1.54, 1.807) is 0 Å². The highest BCUT2D eigenvalue weighted by Crippen LogP contribution is 2.14. The van der Waals surface area contributed by atoms with Crippen LogP contribution in [0.1, 0.15) is 116 Å². The molecule has 10 heteroatoms. The number of carboxylic acids is 2. The van der Waals surface area contributed by atoms with E-state index in [0.717, 1.165) is 25.7 Å². The van der Waals surface area contributed by atoms with E-state index in [2.05, 4.69) is 0 Å². The molecule has 0 aromatic carbocycles. The van der Waals surface area contributed by atoms with E-state index in [1.807, 2.05) is 0 Å². The number of carboxylic acid groups (broad SMARTS) is 2. The van der Waals surface area contributed by atoms with Crippen LogP contribution in [0.2, 0.25) is 0 Å². The molecule has 0 aliphatic rings. The van der Waals surface area contributed by atoms with E-state index in [1.165, 1.54) is 77.0 Å². The second-order valence-electron chi connectivity index (χ2n) is 9.30. The summed E-state index contributed by atoms with van der Waals surface area (Å²) in [4.78, 5) is 30.6. The van der Waals surface area contributed by atoms with Gasteiger partial charge in [-0.1, -0.05) is 89.9 Å². The summed E-state index contributed by atoms with van der Waals surface area (Å²) in [5, 5.41) is 60.6. The lowest BCUT2D eigenvalue weighted by atomic mass is 10.0. The van der Waals surface area contributed by atoms with Gasteiger partial charge >= 0.3 is 11.9 Å². The fraction of sp³-hybridized carbons (Fsp3) is 0.885. The van der Waals surface area contributed by atoms with Crippen LogP contribution in [0.3, 0.4) is 0 Å². The van der Waals surface area contributed by atoms with Crippen LogP contribution >= 0.6 is 0 Å². The number of unbranched alkanes of at least 4 members (excludes halogenated alkanes) is 15. The van der Waals surface area contributed by atoms with E-state index in [9.17, 15) is 14.4 Å². The lowest BCUT2D eigenvalue weighted by molar-refractivity contribution is -0.138. The topological polar surface area (TPSA) is 193 Å². The fourth-order valence-electron chi connectivity index (χ4n) is 3.65. The molecule has 0 amide bonds. The predicted molar refractivity (Wildman–Crippen MR) is 136 cm³/mol. The standard InChI is InChI=1S/C20H38O4.C6H12O6/c21-19(22)17-15-13-11-9-7-5-3-1-2-4-6-8-10-12-14-16-18-20(23)24;7-1-3(9)5(11)6(12)4(10)2-8/h1-18H2,(H,21,22)(H,23,24);1,3-6,8-12H,2H2. The molecule has 0 aromatic rings. The van der Waals surface area contributed by atoms with Crippen molar-refractivity contribution in [2.45, 2.75) is 140 Å². The SMILES string of the molecule is O=C(O)CCCCCCCCCCCCCCCCCCC(=O)O.O=CC(O)C(O)C(O)C(O)CO. The summed E-state index contributed by atoms with van der Waals surface area (Å²) in [6.07, 6.45) is 13.0. The molecule has 0 aliphatic carbocycles. The molecule has 4 atom stereocenters. The zero-order chi connectivity index (χ0) is 27.6. The van der Waals surface area contributed by atoms with E-state index in [-0.39, 0.29) is 6.29 Å². The maximum atomic E-state index is 10.4. The molecule has 0 spiro atoms. The fourth-order valence-corrected chi connectivity index (χ4v) is 3.65. The molecule has 0 heterocycles. The van der Waals surface area contributed by atoms with Crippen molar-refractivity contribution >= 4 is 18.2 Å². The summed E-state index contributed by atoms with van der Waals surface area (Å²) in [6.45, 7) is -0.760. The van der Waals surface area contributed by atoms with Crippen LogP contribution in [0.25, 0.3) is 0 Å². The third-order valence-corrected chi connectivity index (χ3v) is 5.95. The minimum Gasteiger partial charge on any atom is -0.481 e. The van der Waals surface area contributed by atoms with Gasteiger partial charge in [0.1, 0.15) is 24.4 Å². The third kappa shape index (κ3) is 25.5. The van der Waals surface area contributed by atoms with Gasteiger partial charge in [0.25, 0.3) is 0 Å². The molecule has 0 bridgehead atoms. The minimum atomic E-state index is -1.79. The molecule has 10 nitrogen and oxygen atoms in total. The first-order valence-electron chi connectivity index (χ1n) is 13.4. The molecule has 214 valence electrons. The van der Waals surface area contributed by atoms with Crippen LogP contribution in [-0.4, -0.2) is 85.0 Å². The summed E-state index contributed by atoms with van der Waals surface area (Å²) in [7, 11) is 0. The molecule has 0 aliphatic heterocycles. The highest BCUT2D eigenvalue weighted by atomic mass is 16.4. The summed E-state index contributed by atoms with van der Waals surface area (Å²) < 4.78 is 0. The van der Waals surface area contributed by atoms with Gasteiger partial charge in [-0.15, -0.1) is 0 Å². The molecule has 0 radical (unpaired) electrons. The number of carbonyl (C=O) groups excluding carboxylic acids is 1. The molecular formula is C26H50O10. The Labute approximate surface area is 215 Å². The van der Waals surface area contributed by atoms with Crippen molar-refractivity contribution in [3.63, 3.8) is 0 Å². The summed E-state index contributed by atoms with van der Waals surface area (Å²) in [5.74, 6) is -1.35. The van der Waals surface area contributed by atoms with Gasteiger partial charge in [0.2, 0.25) is 0 Å².